The molecule has 3 heterocycles. The van der Waals surface area contributed by atoms with Gasteiger partial charge in [-0.15, -0.1) is 0 Å². The minimum Gasteiger partial charge on any atom is -0.496 e. The van der Waals surface area contributed by atoms with Crippen molar-refractivity contribution < 1.29 is 23.6 Å². The van der Waals surface area contributed by atoms with Crippen LogP contribution in [0.1, 0.15) is 31.2 Å². The molecule has 0 saturated heterocycles. The van der Waals surface area contributed by atoms with Gasteiger partial charge in [0.2, 0.25) is 0 Å². The lowest BCUT2D eigenvalue weighted by atomic mass is 9.90. The Morgan fingerprint density at radius 1 is 1.14 bits per heavy atom. The summed E-state index contributed by atoms with van der Waals surface area (Å²) in [5.74, 6) is 0.752. The summed E-state index contributed by atoms with van der Waals surface area (Å²) in [6, 6.07) is 20.1. The third-order valence-electron chi connectivity index (χ3n) is 7.18. The Morgan fingerprint density at radius 2 is 1.95 bits per heavy atom. The Bertz CT molecular complexity index is 2140. The van der Waals surface area contributed by atoms with Crippen LogP contribution in [-0.4, -0.2) is 29.2 Å². The van der Waals surface area contributed by atoms with Gasteiger partial charge in [0.1, 0.15) is 23.3 Å². The maximum atomic E-state index is 14.1. The Kier molecular flexibility index (Phi) is 7.24. The average Bonchev–Trinajstić information content (AvgIpc) is 3.60. The largest absolute Gasteiger partial charge is 0.496 e. The standard InChI is InChI=1S/C32H25N3O7S/c1-4-41-31(37)27-18(2)33-32-34(29(27)28-23-11-6-5-8-19(23)12-14-25(28)40-3)30(36)26(43-32)17-22-13-15-24(42-22)20-9-7-10-21(16-20)35(38)39/h5-17,29H,4H2,1-3H3. The monoisotopic (exact) mass is 595 g/mol. The van der Waals surface area contributed by atoms with Gasteiger partial charge < -0.3 is 13.9 Å². The molecule has 2 aromatic heterocycles. The lowest BCUT2D eigenvalue weighted by Crippen LogP contribution is -2.40. The molecule has 0 N–H and O–H groups in total. The number of allylic oxidation sites excluding steroid dienone is 1. The number of aromatic nitrogens is 1. The summed E-state index contributed by atoms with van der Waals surface area (Å²) in [6.45, 7) is 3.61. The normalized spacial score (nSPS) is 14.9. The number of carbonyl (C=O) groups is 1. The fourth-order valence-corrected chi connectivity index (χ4v) is 6.31. The molecule has 0 bridgehead atoms. The number of thiazole rings is 1. The molecular formula is C32H25N3O7S. The molecule has 3 aromatic carbocycles. The topological polar surface area (TPSA) is 126 Å². The molecule has 0 fully saturated rings. The number of fused-ring (bicyclic) bond motifs is 2. The first-order valence-corrected chi connectivity index (χ1v) is 14.2. The number of ether oxygens (including phenoxy) is 2. The molecule has 1 aliphatic heterocycles. The van der Waals surface area contributed by atoms with E-state index in [-0.39, 0.29) is 23.4 Å². The van der Waals surface area contributed by atoms with Crippen molar-refractivity contribution in [2.75, 3.05) is 13.7 Å². The number of furan rings is 1. The molecular weight excluding hydrogens is 570 g/mol. The predicted octanol–water partition coefficient (Wildman–Crippen LogP) is 5.13. The number of hydrogen-bond acceptors (Lipinski definition) is 9. The zero-order valence-corrected chi connectivity index (χ0v) is 24.2. The molecule has 0 aliphatic carbocycles. The van der Waals surface area contributed by atoms with E-state index in [4.69, 9.17) is 13.9 Å². The zero-order valence-electron chi connectivity index (χ0n) is 23.4. The van der Waals surface area contributed by atoms with Crippen LogP contribution in [-0.2, 0) is 9.53 Å². The molecule has 1 unspecified atom stereocenters. The molecule has 0 amide bonds. The molecule has 5 aromatic rings. The van der Waals surface area contributed by atoms with Gasteiger partial charge in [0.15, 0.2) is 4.80 Å². The second kappa shape index (κ2) is 11.2. The first kappa shape index (κ1) is 27.9. The predicted molar refractivity (Wildman–Crippen MR) is 162 cm³/mol. The smallest absolute Gasteiger partial charge is 0.338 e. The van der Waals surface area contributed by atoms with Crippen LogP contribution < -0.4 is 19.6 Å². The van der Waals surface area contributed by atoms with Gasteiger partial charge in [-0.25, -0.2) is 9.79 Å². The van der Waals surface area contributed by atoms with Crippen molar-refractivity contribution in [3.05, 3.63) is 125 Å². The minimum atomic E-state index is -0.865. The summed E-state index contributed by atoms with van der Waals surface area (Å²) in [5, 5.41) is 13.0. The van der Waals surface area contributed by atoms with Crippen LogP contribution in [0.5, 0.6) is 5.75 Å². The van der Waals surface area contributed by atoms with Crippen molar-refractivity contribution in [2.45, 2.75) is 19.9 Å². The van der Waals surface area contributed by atoms with E-state index < -0.39 is 16.9 Å². The lowest BCUT2D eigenvalue weighted by molar-refractivity contribution is -0.384. The van der Waals surface area contributed by atoms with Crippen LogP contribution in [0.25, 0.3) is 28.2 Å². The molecule has 1 atom stereocenters. The first-order chi connectivity index (χ1) is 20.8. The van der Waals surface area contributed by atoms with Gasteiger partial charge in [-0.1, -0.05) is 53.8 Å². The van der Waals surface area contributed by atoms with Gasteiger partial charge in [-0.3, -0.25) is 19.5 Å². The van der Waals surface area contributed by atoms with Crippen LogP contribution in [0.2, 0.25) is 0 Å². The molecule has 0 radical (unpaired) electrons. The zero-order chi connectivity index (χ0) is 30.2. The van der Waals surface area contributed by atoms with E-state index in [0.29, 0.717) is 43.4 Å². The Labute approximate surface area is 248 Å². The SMILES string of the molecule is CCOC(=O)C1=C(C)N=c2sc(=Cc3ccc(-c4cccc([N+](=O)[O-])c4)o3)c(=O)n2C1c1c(OC)ccc2ccccc12. The van der Waals surface area contributed by atoms with Gasteiger partial charge in [-0.2, -0.15) is 0 Å². The number of benzene rings is 3. The molecule has 11 heteroatoms. The number of nitro benzene ring substituents is 1. The van der Waals surface area contributed by atoms with E-state index in [0.717, 1.165) is 10.8 Å². The summed E-state index contributed by atoms with van der Waals surface area (Å²) in [7, 11) is 1.55. The van der Waals surface area contributed by atoms with E-state index in [2.05, 4.69) is 4.99 Å². The van der Waals surface area contributed by atoms with Crippen molar-refractivity contribution >= 4 is 39.8 Å². The molecule has 216 valence electrons. The number of nitrogens with zero attached hydrogens (tertiary/aromatic N) is 3. The minimum absolute atomic E-state index is 0.0552. The molecule has 43 heavy (non-hydrogen) atoms. The Hall–Kier alpha value is -5.29. The van der Waals surface area contributed by atoms with Crippen molar-refractivity contribution in [3.8, 4) is 17.1 Å². The molecule has 1 aliphatic rings. The lowest BCUT2D eigenvalue weighted by Gasteiger charge is -2.27. The highest BCUT2D eigenvalue weighted by atomic mass is 32.1. The number of nitro groups is 1. The van der Waals surface area contributed by atoms with Crippen molar-refractivity contribution in [1.29, 1.82) is 0 Å². The third-order valence-corrected chi connectivity index (χ3v) is 8.17. The van der Waals surface area contributed by atoms with Gasteiger partial charge in [-0.05, 0) is 42.8 Å². The summed E-state index contributed by atoms with van der Waals surface area (Å²) in [4.78, 5) is 43.3. The van der Waals surface area contributed by atoms with Crippen molar-refractivity contribution in [3.63, 3.8) is 0 Å². The summed E-state index contributed by atoms with van der Waals surface area (Å²) >= 11 is 1.17. The maximum Gasteiger partial charge on any atom is 0.338 e. The average molecular weight is 596 g/mol. The molecule has 0 saturated carbocycles. The van der Waals surface area contributed by atoms with Crippen LogP contribution in [0.15, 0.2) is 98.3 Å². The fraction of sp³-hybridized carbons (Fsp3) is 0.156. The van der Waals surface area contributed by atoms with Crippen LogP contribution >= 0.6 is 11.3 Å². The van der Waals surface area contributed by atoms with Gasteiger partial charge in [0.25, 0.3) is 11.2 Å². The van der Waals surface area contributed by atoms with E-state index in [9.17, 15) is 19.7 Å². The van der Waals surface area contributed by atoms with Crippen LogP contribution in [0.4, 0.5) is 5.69 Å². The number of esters is 1. The van der Waals surface area contributed by atoms with Gasteiger partial charge >= 0.3 is 5.97 Å². The summed E-state index contributed by atoms with van der Waals surface area (Å²) in [5.41, 5.74) is 1.45. The maximum absolute atomic E-state index is 14.1. The highest BCUT2D eigenvalue weighted by Gasteiger charge is 2.36. The fourth-order valence-electron chi connectivity index (χ4n) is 5.29. The Balaban J connectivity index is 1.54. The number of methoxy groups -OCH3 is 1. The van der Waals surface area contributed by atoms with Crippen LogP contribution in [0.3, 0.4) is 0 Å². The molecule has 0 spiro atoms. The van der Waals surface area contributed by atoms with Gasteiger partial charge in [0.05, 0.1) is 34.4 Å². The Morgan fingerprint density at radius 3 is 2.72 bits per heavy atom. The second-order valence-electron chi connectivity index (χ2n) is 9.71. The van der Waals surface area contributed by atoms with E-state index >= 15 is 0 Å². The highest BCUT2D eigenvalue weighted by Crippen LogP contribution is 2.40. The second-order valence-corrected chi connectivity index (χ2v) is 10.7. The quantitative estimate of drug-likeness (QED) is 0.145. The van der Waals surface area contributed by atoms with E-state index in [1.54, 1.807) is 51.3 Å². The van der Waals surface area contributed by atoms with E-state index in [1.165, 1.54) is 28.0 Å². The third kappa shape index (κ3) is 4.93. The summed E-state index contributed by atoms with van der Waals surface area (Å²) in [6.07, 6.45) is 1.60. The number of rotatable bonds is 7. The highest BCUT2D eigenvalue weighted by molar-refractivity contribution is 7.07. The van der Waals surface area contributed by atoms with Crippen molar-refractivity contribution in [1.82, 2.24) is 4.57 Å². The van der Waals surface area contributed by atoms with Crippen molar-refractivity contribution in [2.24, 2.45) is 4.99 Å². The van der Waals surface area contributed by atoms with Gasteiger partial charge in [0, 0.05) is 29.3 Å². The van der Waals surface area contributed by atoms with Crippen LogP contribution in [0, 0.1) is 10.1 Å². The number of non-ortho nitro benzene ring substituents is 1. The number of carbonyl (C=O) groups excluding carboxylic acids is 1. The molecule has 6 rings (SSSR count). The molecule has 10 nitrogen and oxygen atoms in total. The first-order valence-electron chi connectivity index (χ1n) is 13.4. The van der Waals surface area contributed by atoms with E-state index in [1.807, 2.05) is 36.4 Å². The summed E-state index contributed by atoms with van der Waals surface area (Å²) < 4.78 is 19.0. The number of hydrogen-bond donors (Lipinski definition) is 0.